The minimum atomic E-state index is -0.0209. The summed E-state index contributed by atoms with van der Waals surface area (Å²) in [6.45, 7) is 3.77. The molecular weight excluding hydrogens is 427 g/mol. The molecule has 0 saturated heterocycles. The number of likely N-dealkylation sites (N-methyl/N-ethyl adjacent to an activating group) is 1. The van der Waals surface area contributed by atoms with Crippen molar-refractivity contribution in [3.05, 3.63) is 34.9 Å². The van der Waals surface area contributed by atoms with Crippen LogP contribution in [0.1, 0.15) is 18.9 Å². The molecule has 0 spiro atoms. The van der Waals surface area contributed by atoms with Gasteiger partial charge >= 0.3 is 0 Å². The lowest BCUT2D eigenvalue weighted by molar-refractivity contribution is -0.127. The van der Waals surface area contributed by atoms with E-state index in [4.69, 9.17) is 11.6 Å². The topological polar surface area (TPSA) is 56.7 Å². The summed E-state index contributed by atoms with van der Waals surface area (Å²) in [6.07, 6.45) is 1.84. The number of hydrogen-bond donors (Lipinski definition) is 2. The zero-order valence-electron chi connectivity index (χ0n) is 13.9. The number of halogens is 2. The highest BCUT2D eigenvalue weighted by Gasteiger charge is 2.04. The van der Waals surface area contributed by atoms with Gasteiger partial charge in [-0.05, 0) is 30.5 Å². The van der Waals surface area contributed by atoms with E-state index in [0.29, 0.717) is 5.96 Å². The van der Waals surface area contributed by atoms with Crippen LogP contribution in [-0.2, 0) is 11.2 Å². The normalized spacial score (nSPS) is 10.7. The Bertz CT molecular complexity index is 509. The maximum Gasteiger partial charge on any atom is 0.243 e. The number of hydrogen-bond acceptors (Lipinski definition) is 2. The van der Waals surface area contributed by atoms with E-state index in [1.165, 1.54) is 10.5 Å². The lowest BCUT2D eigenvalue weighted by Crippen LogP contribution is -2.39. The Morgan fingerprint density at radius 1 is 1.26 bits per heavy atom. The number of carbonyl (C=O) groups is 1. The van der Waals surface area contributed by atoms with Gasteiger partial charge in [0.05, 0.1) is 0 Å². The van der Waals surface area contributed by atoms with Crippen LogP contribution < -0.4 is 10.6 Å². The lowest BCUT2D eigenvalue weighted by Gasteiger charge is -2.13. The number of benzene rings is 1. The van der Waals surface area contributed by atoms with Gasteiger partial charge in [-0.25, -0.2) is 4.99 Å². The third kappa shape index (κ3) is 9.65. The second-order valence-electron chi connectivity index (χ2n) is 5.19. The van der Waals surface area contributed by atoms with E-state index in [2.05, 4.69) is 22.5 Å². The van der Waals surface area contributed by atoms with E-state index in [-0.39, 0.29) is 36.4 Å². The van der Waals surface area contributed by atoms with Crippen LogP contribution in [0, 0.1) is 0 Å². The molecule has 5 nitrogen and oxygen atoms in total. The summed E-state index contributed by atoms with van der Waals surface area (Å²) in [5.41, 5.74) is 1.17. The fourth-order valence-corrected chi connectivity index (χ4v) is 1.94. The van der Waals surface area contributed by atoms with Gasteiger partial charge in [0.15, 0.2) is 5.96 Å². The van der Waals surface area contributed by atoms with Crippen LogP contribution in [0.4, 0.5) is 0 Å². The van der Waals surface area contributed by atoms with E-state index in [1.807, 2.05) is 24.3 Å². The van der Waals surface area contributed by atoms with E-state index in [9.17, 15) is 4.79 Å². The first kappa shape index (κ1) is 22.0. The average molecular weight is 453 g/mol. The number of amides is 1. The number of rotatable bonds is 7. The Labute approximate surface area is 160 Å². The molecule has 1 amide bonds. The average Bonchev–Trinajstić information content (AvgIpc) is 2.49. The third-order valence-corrected chi connectivity index (χ3v) is 3.24. The minimum absolute atomic E-state index is 0. The quantitative estimate of drug-likeness (QED) is 0.380. The highest BCUT2D eigenvalue weighted by Crippen LogP contribution is 2.10. The standard InChI is InChI=1S/C16H25ClN4O.HI/c1-4-9-18-16(20-12-15(22)21(2)3)19-10-8-13-6-5-7-14(17)11-13;/h5-7,11H,4,8-10,12H2,1-3H3,(H2,18,19,20);1H. The zero-order valence-corrected chi connectivity index (χ0v) is 17.0. The molecule has 0 radical (unpaired) electrons. The molecule has 0 fully saturated rings. The van der Waals surface area contributed by atoms with Gasteiger partial charge in [-0.1, -0.05) is 30.7 Å². The van der Waals surface area contributed by atoms with Crippen molar-refractivity contribution in [3.63, 3.8) is 0 Å². The highest BCUT2D eigenvalue weighted by atomic mass is 127. The molecule has 1 rings (SSSR count). The van der Waals surface area contributed by atoms with Crippen LogP contribution in [-0.4, -0.2) is 50.5 Å². The molecule has 23 heavy (non-hydrogen) atoms. The Morgan fingerprint density at radius 3 is 2.57 bits per heavy atom. The molecule has 7 heteroatoms. The molecule has 0 aliphatic rings. The van der Waals surface area contributed by atoms with Gasteiger partial charge in [0.2, 0.25) is 5.91 Å². The number of carbonyl (C=O) groups excluding carboxylic acids is 1. The van der Waals surface area contributed by atoms with Crippen LogP contribution >= 0.6 is 35.6 Å². The largest absolute Gasteiger partial charge is 0.356 e. The van der Waals surface area contributed by atoms with Crippen LogP contribution in [0.2, 0.25) is 5.02 Å². The third-order valence-electron chi connectivity index (χ3n) is 3.01. The Balaban J connectivity index is 0.00000484. The summed E-state index contributed by atoms with van der Waals surface area (Å²) in [4.78, 5) is 17.4. The molecule has 0 atom stereocenters. The molecule has 0 bridgehead atoms. The molecular formula is C16H26ClIN4O. The Kier molecular flexibility index (Phi) is 11.9. The molecule has 0 aliphatic carbocycles. The van der Waals surface area contributed by atoms with Crippen LogP contribution in [0.25, 0.3) is 0 Å². The molecule has 2 N–H and O–H groups in total. The Morgan fingerprint density at radius 2 is 1.96 bits per heavy atom. The molecule has 0 aromatic heterocycles. The number of nitrogens with one attached hydrogen (secondary N) is 2. The molecule has 0 heterocycles. The molecule has 0 aliphatic heterocycles. The van der Waals surface area contributed by atoms with Crippen molar-refractivity contribution in [1.82, 2.24) is 15.5 Å². The molecule has 1 aromatic carbocycles. The Hall–Kier alpha value is -1.02. The van der Waals surface area contributed by atoms with Crippen molar-refractivity contribution in [3.8, 4) is 0 Å². The maximum absolute atomic E-state index is 11.6. The van der Waals surface area contributed by atoms with Crippen molar-refractivity contribution < 1.29 is 4.79 Å². The molecule has 0 unspecified atom stereocenters. The summed E-state index contributed by atoms with van der Waals surface area (Å²) in [5.74, 6) is 0.645. The second kappa shape index (κ2) is 12.4. The fraction of sp³-hybridized carbons (Fsp3) is 0.500. The second-order valence-corrected chi connectivity index (χ2v) is 5.62. The summed E-state index contributed by atoms with van der Waals surface area (Å²) >= 11 is 5.97. The van der Waals surface area contributed by atoms with Crippen LogP contribution in [0.3, 0.4) is 0 Å². The number of guanidine groups is 1. The molecule has 0 saturated carbocycles. The van der Waals surface area contributed by atoms with Crippen molar-refractivity contribution in [2.24, 2.45) is 4.99 Å². The predicted molar refractivity (Wildman–Crippen MR) is 108 cm³/mol. The van der Waals surface area contributed by atoms with E-state index in [1.54, 1.807) is 14.1 Å². The smallest absolute Gasteiger partial charge is 0.243 e. The van der Waals surface area contributed by atoms with E-state index < -0.39 is 0 Å². The van der Waals surface area contributed by atoms with Crippen molar-refractivity contribution in [1.29, 1.82) is 0 Å². The zero-order chi connectivity index (χ0) is 16.4. The summed E-state index contributed by atoms with van der Waals surface area (Å²) in [6, 6.07) is 7.80. The number of nitrogens with zero attached hydrogens (tertiary/aromatic N) is 2. The van der Waals surface area contributed by atoms with Gasteiger partial charge in [-0.15, -0.1) is 24.0 Å². The van der Waals surface area contributed by atoms with Gasteiger partial charge in [0.1, 0.15) is 6.54 Å². The molecule has 1 aromatic rings. The van der Waals surface area contributed by atoms with Crippen LogP contribution in [0.15, 0.2) is 29.3 Å². The summed E-state index contributed by atoms with van der Waals surface area (Å²) in [7, 11) is 3.45. The highest BCUT2D eigenvalue weighted by molar-refractivity contribution is 14.0. The lowest BCUT2D eigenvalue weighted by atomic mass is 10.1. The van der Waals surface area contributed by atoms with Gasteiger partial charge in [0, 0.05) is 32.2 Å². The van der Waals surface area contributed by atoms with E-state index >= 15 is 0 Å². The summed E-state index contributed by atoms with van der Waals surface area (Å²) < 4.78 is 0. The number of aliphatic imine (C=N–C) groups is 1. The fourth-order valence-electron chi connectivity index (χ4n) is 1.72. The van der Waals surface area contributed by atoms with E-state index in [0.717, 1.165) is 31.0 Å². The first-order valence-corrected chi connectivity index (χ1v) is 7.87. The van der Waals surface area contributed by atoms with Crippen LogP contribution in [0.5, 0.6) is 0 Å². The van der Waals surface area contributed by atoms with Gasteiger partial charge in [-0.2, -0.15) is 0 Å². The maximum atomic E-state index is 11.6. The minimum Gasteiger partial charge on any atom is -0.356 e. The van der Waals surface area contributed by atoms with Gasteiger partial charge in [-0.3, -0.25) is 4.79 Å². The van der Waals surface area contributed by atoms with Gasteiger partial charge in [0.25, 0.3) is 0 Å². The van der Waals surface area contributed by atoms with Crippen molar-refractivity contribution in [2.75, 3.05) is 33.7 Å². The van der Waals surface area contributed by atoms with Crippen molar-refractivity contribution >= 4 is 47.4 Å². The SMILES string of the molecule is CCCNC(=NCC(=O)N(C)C)NCCc1cccc(Cl)c1.I. The summed E-state index contributed by atoms with van der Waals surface area (Å²) in [5, 5.41) is 7.19. The first-order chi connectivity index (χ1) is 10.5. The molecule has 130 valence electrons. The first-order valence-electron chi connectivity index (χ1n) is 7.49. The predicted octanol–water partition coefficient (Wildman–Crippen LogP) is 2.53. The van der Waals surface area contributed by atoms with Crippen molar-refractivity contribution in [2.45, 2.75) is 19.8 Å². The monoisotopic (exact) mass is 452 g/mol. The van der Waals surface area contributed by atoms with Gasteiger partial charge < -0.3 is 15.5 Å².